The molecule has 0 aromatic heterocycles. The van der Waals surface area contributed by atoms with Crippen LogP contribution in [0, 0.1) is 0 Å². The van der Waals surface area contributed by atoms with Crippen molar-refractivity contribution in [2.45, 2.75) is 11.1 Å². The third-order valence-corrected chi connectivity index (χ3v) is 3.43. The van der Waals surface area contributed by atoms with E-state index in [0.717, 1.165) is 6.07 Å². The maximum absolute atomic E-state index is 12.4. The number of halogens is 4. The van der Waals surface area contributed by atoms with E-state index in [9.17, 15) is 13.2 Å². The zero-order valence-electron chi connectivity index (χ0n) is 7.15. The average Bonchev–Trinajstić information content (AvgIpc) is 2.02. The van der Waals surface area contributed by atoms with E-state index in [2.05, 4.69) is 15.9 Å². The summed E-state index contributed by atoms with van der Waals surface area (Å²) in [6.07, 6.45) is -2.72. The van der Waals surface area contributed by atoms with Gasteiger partial charge >= 0.3 is 6.18 Å². The molecule has 0 fully saturated rings. The molecule has 0 unspecified atom stereocenters. The quantitative estimate of drug-likeness (QED) is 0.628. The number of hydrogen-bond acceptors (Lipinski definition) is 2. The molecule has 0 atom stereocenters. The molecule has 78 valence electrons. The predicted octanol–water partition coefficient (Wildman–Crippen LogP) is 3.77. The standard InChI is InChI=1S/C8H7BrF3NS/c1-14-7-5(9)3-2-4(6(7)13)8(10,11)12/h2-3H,13H2,1H3. The van der Waals surface area contributed by atoms with Crippen LogP contribution in [0.3, 0.4) is 0 Å². The van der Waals surface area contributed by atoms with Crippen LogP contribution in [0.15, 0.2) is 21.5 Å². The van der Waals surface area contributed by atoms with Gasteiger partial charge in [0, 0.05) is 9.37 Å². The largest absolute Gasteiger partial charge is 0.418 e. The van der Waals surface area contributed by atoms with E-state index >= 15 is 0 Å². The molecular formula is C8H7BrF3NS. The highest BCUT2D eigenvalue weighted by atomic mass is 79.9. The van der Waals surface area contributed by atoms with E-state index in [1.807, 2.05) is 0 Å². The second-order valence-electron chi connectivity index (χ2n) is 2.54. The van der Waals surface area contributed by atoms with Crippen molar-refractivity contribution in [3.05, 3.63) is 22.2 Å². The first-order valence-electron chi connectivity index (χ1n) is 3.57. The lowest BCUT2D eigenvalue weighted by atomic mass is 10.2. The Morgan fingerprint density at radius 1 is 1.36 bits per heavy atom. The van der Waals surface area contributed by atoms with E-state index in [1.54, 1.807) is 6.26 Å². The van der Waals surface area contributed by atoms with Crippen LogP contribution in [0.4, 0.5) is 18.9 Å². The summed E-state index contributed by atoms with van der Waals surface area (Å²) in [5.74, 6) is 0. The Morgan fingerprint density at radius 2 is 1.93 bits per heavy atom. The minimum atomic E-state index is -4.39. The lowest BCUT2D eigenvalue weighted by Crippen LogP contribution is -2.09. The van der Waals surface area contributed by atoms with E-state index in [4.69, 9.17) is 5.73 Å². The van der Waals surface area contributed by atoms with Crippen LogP contribution in [0.25, 0.3) is 0 Å². The van der Waals surface area contributed by atoms with Crippen LogP contribution in [0.2, 0.25) is 0 Å². The van der Waals surface area contributed by atoms with Crippen molar-refractivity contribution in [2.24, 2.45) is 0 Å². The minimum absolute atomic E-state index is 0.223. The summed E-state index contributed by atoms with van der Waals surface area (Å²) in [6.45, 7) is 0. The maximum atomic E-state index is 12.4. The normalized spacial score (nSPS) is 11.8. The molecule has 0 aliphatic heterocycles. The van der Waals surface area contributed by atoms with Crippen molar-refractivity contribution in [2.75, 3.05) is 12.0 Å². The molecule has 0 saturated heterocycles. The molecule has 1 nitrogen and oxygen atoms in total. The molecule has 14 heavy (non-hydrogen) atoms. The lowest BCUT2D eigenvalue weighted by Gasteiger charge is -2.13. The molecule has 0 spiro atoms. The highest BCUT2D eigenvalue weighted by molar-refractivity contribution is 9.10. The Bertz CT molecular complexity index is 351. The van der Waals surface area contributed by atoms with Crippen LogP contribution >= 0.6 is 27.7 Å². The summed E-state index contributed by atoms with van der Waals surface area (Å²) in [5.41, 5.74) is 4.40. The number of nitrogens with two attached hydrogens (primary N) is 1. The highest BCUT2D eigenvalue weighted by Crippen LogP contribution is 2.40. The van der Waals surface area contributed by atoms with Gasteiger partial charge in [-0.1, -0.05) is 0 Å². The van der Waals surface area contributed by atoms with Crippen LogP contribution < -0.4 is 5.73 Å². The van der Waals surface area contributed by atoms with Crippen molar-refractivity contribution in [3.8, 4) is 0 Å². The van der Waals surface area contributed by atoms with Gasteiger partial charge in [0.15, 0.2) is 0 Å². The molecule has 1 aromatic rings. The minimum Gasteiger partial charge on any atom is -0.397 e. The Morgan fingerprint density at radius 3 is 2.36 bits per heavy atom. The number of benzene rings is 1. The molecule has 0 aliphatic rings. The van der Waals surface area contributed by atoms with Crippen molar-refractivity contribution >= 4 is 33.4 Å². The van der Waals surface area contributed by atoms with Gasteiger partial charge in [-0.15, -0.1) is 11.8 Å². The fraction of sp³-hybridized carbons (Fsp3) is 0.250. The SMILES string of the molecule is CSc1c(Br)ccc(C(F)(F)F)c1N. The molecule has 0 amide bonds. The molecule has 0 aliphatic carbocycles. The third kappa shape index (κ3) is 2.17. The topological polar surface area (TPSA) is 26.0 Å². The van der Waals surface area contributed by atoms with E-state index < -0.39 is 11.7 Å². The average molecular weight is 286 g/mol. The van der Waals surface area contributed by atoms with Gasteiger partial charge in [-0.25, -0.2) is 0 Å². The van der Waals surface area contributed by atoms with Crippen LogP contribution in [0.1, 0.15) is 5.56 Å². The smallest absolute Gasteiger partial charge is 0.397 e. The highest BCUT2D eigenvalue weighted by Gasteiger charge is 2.34. The fourth-order valence-corrected chi connectivity index (χ4v) is 2.45. The second kappa shape index (κ2) is 4.02. The zero-order chi connectivity index (χ0) is 10.9. The number of nitrogen functional groups attached to an aromatic ring is 1. The zero-order valence-corrected chi connectivity index (χ0v) is 9.55. The number of thioether (sulfide) groups is 1. The number of rotatable bonds is 1. The molecule has 0 heterocycles. The van der Waals surface area contributed by atoms with E-state index in [0.29, 0.717) is 9.37 Å². The summed E-state index contributed by atoms with van der Waals surface area (Å²) < 4.78 is 37.8. The van der Waals surface area contributed by atoms with Gasteiger partial charge < -0.3 is 5.73 Å². The molecular weight excluding hydrogens is 279 g/mol. The number of anilines is 1. The van der Waals surface area contributed by atoms with E-state index in [1.165, 1.54) is 17.8 Å². The van der Waals surface area contributed by atoms with Crippen molar-refractivity contribution in [1.82, 2.24) is 0 Å². The summed E-state index contributed by atoms with van der Waals surface area (Å²) in [7, 11) is 0. The molecule has 0 saturated carbocycles. The number of alkyl halides is 3. The Hall–Kier alpha value is -0.360. The van der Waals surface area contributed by atoms with Crippen molar-refractivity contribution in [3.63, 3.8) is 0 Å². The molecule has 0 bridgehead atoms. The molecule has 1 aromatic carbocycles. The summed E-state index contributed by atoms with van der Waals surface area (Å²) in [5, 5.41) is 0. The van der Waals surface area contributed by atoms with Gasteiger partial charge in [0.2, 0.25) is 0 Å². The molecule has 0 radical (unpaired) electrons. The number of hydrogen-bond donors (Lipinski definition) is 1. The van der Waals surface area contributed by atoms with Gasteiger partial charge in [-0.3, -0.25) is 0 Å². The first-order valence-corrected chi connectivity index (χ1v) is 5.59. The second-order valence-corrected chi connectivity index (χ2v) is 4.21. The van der Waals surface area contributed by atoms with Gasteiger partial charge in [0.1, 0.15) is 0 Å². The Labute approximate surface area is 92.0 Å². The van der Waals surface area contributed by atoms with Gasteiger partial charge in [-0.05, 0) is 34.3 Å². The molecule has 2 N–H and O–H groups in total. The Kier molecular flexibility index (Phi) is 3.36. The van der Waals surface area contributed by atoms with Crippen LogP contribution in [-0.4, -0.2) is 6.26 Å². The summed E-state index contributed by atoms with van der Waals surface area (Å²) in [6, 6.07) is 2.32. The maximum Gasteiger partial charge on any atom is 0.418 e. The van der Waals surface area contributed by atoms with Gasteiger partial charge in [0.05, 0.1) is 11.3 Å². The predicted molar refractivity (Wildman–Crippen MR) is 55.3 cm³/mol. The lowest BCUT2D eigenvalue weighted by molar-refractivity contribution is -0.137. The van der Waals surface area contributed by atoms with Crippen LogP contribution in [0.5, 0.6) is 0 Å². The van der Waals surface area contributed by atoms with Crippen molar-refractivity contribution < 1.29 is 13.2 Å². The Balaban J connectivity index is 3.36. The van der Waals surface area contributed by atoms with E-state index in [-0.39, 0.29) is 5.69 Å². The van der Waals surface area contributed by atoms with Crippen LogP contribution in [-0.2, 0) is 6.18 Å². The molecule has 6 heteroatoms. The third-order valence-electron chi connectivity index (χ3n) is 1.66. The fourth-order valence-electron chi connectivity index (χ4n) is 1.03. The molecule has 1 rings (SSSR count). The first kappa shape index (κ1) is 11.7. The summed E-state index contributed by atoms with van der Waals surface area (Å²) >= 11 is 4.32. The van der Waals surface area contributed by atoms with Gasteiger partial charge in [0.25, 0.3) is 0 Å². The monoisotopic (exact) mass is 285 g/mol. The first-order chi connectivity index (χ1) is 6.38. The van der Waals surface area contributed by atoms with Crippen molar-refractivity contribution in [1.29, 1.82) is 0 Å². The summed E-state index contributed by atoms with van der Waals surface area (Å²) in [4.78, 5) is 0.417. The van der Waals surface area contributed by atoms with Gasteiger partial charge in [-0.2, -0.15) is 13.2 Å².